The van der Waals surface area contributed by atoms with E-state index in [0.29, 0.717) is 19.8 Å². The van der Waals surface area contributed by atoms with Gasteiger partial charge in [-0.15, -0.1) is 0 Å². The molecule has 0 fully saturated rings. The van der Waals surface area contributed by atoms with E-state index in [1.54, 1.807) is 6.26 Å². The highest BCUT2D eigenvalue weighted by molar-refractivity contribution is 4.67. The maximum atomic E-state index is 8.85. The van der Waals surface area contributed by atoms with Gasteiger partial charge in [0.05, 0.1) is 51.0 Å². The summed E-state index contributed by atoms with van der Waals surface area (Å²) in [6.07, 6.45) is 3.37. The quantitative estimate of drug-likeness (QED) is 0.558. The van der Waals surface area contributed by atoms with Crippen molar-refractivity contribution in [1.82, 2.24) is 0 Å². The van der Waals surface area contributed by atoms with Crippen LogP contribution in [0.2, 0.25) is 0 Å². The van der Waals surface area contributed by atoms with Crippen molar-refractivity contribution in [3.8, 4) is 0 Å². The number of rotatable bonds is 12. The van der Waals surface area contributed by atoms with E-state index >= 15 is 0 Å². The Morgan fingerprint density at radius 3 is 1.70 bits per heavy atom. The van der Waals surface area contributed by atoms with Crippen LogP contribution in [0.4, 0.5) is 0 Å². The first-order valence-corrected chi connectivity index (χ1v) is 7.21. The molecule has 5 heteroatoms. The Morgan fingerprint density at radius 2 is 1.25 bits per heavy atom. The second-order valence-corrected chi connectivity index (χ2v) is 5.03. The van der Waals surface area contributed by atoms with Gasteiger partial charge in [-0.25, -0.2) is 0 Å². The topological polar surface area (TPSA) is 57.2 Å². The highest BCUT2D eigenvalue weighted by Crippen LogP contribution is 2.02. The monoisotopic (exact) mass is 290 g/mol. The van der Waals surface area contributed by atoms with Crippen molar-refractivity contribution in [2.75, 3.05) is 26.4 Å². The van der Waals surface area contributed by atoms with Gasteiger partial charge in [0.15, 0.2) is 0 Å². The van der Waals surface area contributed by atoms with E-state index in [2.05, 4.69) is 0 Å². The number of aliphatic hydroxyl groups excluding tert-OH is 1. The fraction of sp³-hybridized carbons (Fsp3) is 0.867. The maximum absolute atomic E-state index is 8.85. The number of allylic oxidation sites excluding steroid dienone is 1. The minimum atomic E-state index is -0.153. The van der Waals surface area contributed by atoms with E-state index in [4.69, 9.17) is 24.1 Å². The molecule has 4 atom stereocenters. The zero-order valence-corrected chi connectivity index (χ0v) is 13.4. The number of hydrogen-bond donors (Lipinski definition) is 1. The van der Waals surface area contributed by atoms with Crippen LogP contribution in [-0.4, -0.2) is 55.9 Å². The van der Waals surface area contributed by atoms with Gasteiger partial charge in [0.2, 0.25) is 0 Å². The second-order valence-electron chi connectivity index (χ2n) is 5.03. The third-order valence-corrected chi connectivity index (χ3v) is 2.55. The van der Waals surface area contributed by atoms with Gasteiger partial charge in [-0.3, -0.25) is 0 Å². The van der Waals surface area contributed by atoms with E-state index in [9.17, 15) is 0 Å². The van der Waals surface area contributed by atoms with Crippen molar-refractivity contribution in [3.05, 3.63) is 12.3 Å². The minimum Gasteiger partial charge on any atom is -0.496 e. The van der Waals surface area contributed by atoms with Gasteiger partial charge < -0.3 is 24.1 Å². The summed E-state index contributed by atoms with van der Waals surface area (Å²) in [6, 6.07) is 0. The molecule has 0 aromatic carbocycles. The predicted octanol–water partition coefficient (Wildman–Crippen LogP) is 2.13. The van der Waals surface area contributed by atoms with Crippen LogP contribution in [0, 0.1) is 0 Å². The second kappa shape index (κ2) is 12.1. The van der Waals surface area contributed by atoms with Crippen LogP contribution in [0.15, 0.2) is 12.3 Å². The lowest BCUT2D eigenvalue weighted by molar-refractivity contribution is -0.0832. The molecule has 1 N–H and O–H groups in total. The van der Waals surface area contributed by atoms with Crippen molar-refractivity contribution in [3.63, 3.8) is 0 Å². The van der Waals surface area contributed by atoms with Crippen LogP contribution in [0.3, 0.4) is 0 Å². The molecule has 120 valence electrons. The van der Waals surface area contributed by atoms with Gasteiger partial charge in [-0.1, -0.05) is 6.08 Å². The molecular weight excluding hydrogens is 260 g/mol. The maximum Gasteiger partial charge on any atom is 0.118 e. The smallest absolute Gasteiger partial charge is 0.118 e. The van der Waals surface area contributed by atoms with Crippen LogP contribution in [0.1, 0.15) is 34.6 Å². The fourth-order valence-corrected chi connectivity index (χ4v) is 1.30. The molecule has 0 aromatic heterocycles. The molecule has 0 spiro atoms. The molecule has 20 heavy (non-hydrogen) atoms. The van der Waals surface area contributed by atoms with Gasteiger partial charge >= 0.3 is 0 Å². The predicted molar refractivity (Wildman–Crippen MR) is 78.7 cm³/mol. The number of aliphatic hydroxyl groups is 1. The van der Waals surface area contributed by atoms with Gasteiger partial charge in [0, 0.05) is 0 Å². The molecule has 0 bridgehead atoms. The summed E-state index contributed by atoms with van der Waals surface area (Å²) in [5.74, 6) is 0. The summed E-state index contributed by atoms with van der Waals surface area (Å²) in [6.45, 7) is 11.1. The van der Waals surface area contributed by atoms with Crippen molar-refractivity contribution in [2.24, 2.45) is 0 Å². The first-order valence-electron chi connectivity index (χ1n) is 7.21. The summed E-state index contributed by atoms with van der Waals surface area (Å²) in [4.78, 5) is 0. The Bertz CT molecular complexity index is 244. The molecule has 0 rings (SSSR count). The van der Waals surface area contributed by atoms with Gasteiger partial charge in [-0.2, -0.15) is 0 Å². The first kappa shape index (κ1) is 19.4. The largest absolute Gasteiger partial charge is 0.496 e. The van der Waals surface area contributed by atoms with E-state index in [1.807, 2.05) is 40.7 Å². The Balaban J connectivity index is 3.63. The zero-order chi connectivity index (χ0) is 15.4. The van der Waals surface area contributed by atoms with Crippen molar-refractivity contribution in [2.45, 2.75) is 59.0 Å². The van der Waals surface area contributed by atoms with E-state index in [-0.39, 0.29) is 31.0 Å². The van der Waals surface area contributed by atoms with Gasteiger partial charge in [0.25, 0.3) is 0 Å². The molecule has 0 aliphatic heterocycles. The van der Waals surface area contributed by atoms with E-state index < -0.39 is 0 Å². The molecule has 0 aliphatic carbocycles. The lowest BCUT2D eigenvalue weighted by atomic mass is 10.3. The lowest BCUT2D eigenvalue weighted by Crippen LogP contribution is -2.27. The van der Waals surface area contributed by atoms with Gasteiger partial charge in [-0.05, 0) is 34.6 Å². The van der Waals surface area contributed by atoms with Crippen LogP contribution < -0.4 is 0 Å². The van der Waals surface area contributed by atoms with Crippen molar-refractivity contribution >= 4 is 0 Å². The molecule has 0 saturated heterocycles. The fourth-order valence-electron chi connectivity index (χ4n) is 1.30. The van der Waals surface area contributed by atoms with Crippen LogP contribution in [0.25, 0.3) is 0 Å². The molecule has 0 saturated carbocycles. The third-order valence-electron chi connectivity index (χ3n) is 2.55. The zero-order valence-electron chi connectivity index (χ0n) is 13.4. The lowest BCUT2D eigenvalue weighted by Gasteiger charge is -2.20. The SMILES string of the molecule is CC=COC(C)COC(C)COC(C)COC(C)CO. The van der Waals surface area contributed by atoms with E-state index in [0.717, 1.165) is 0 Å². The standard InChI is InChI=1S/C15H30O5/c1-6-7-17-13(3)9-19-15(5)11-20-14(4)10-18-12(2)8-16/h6-7,12-16H,8-11H2,1-5H3. The average Bonchev–Trinajstić information content (AvgIpc) is 2.45. The Labute approximate surface area is 122 Å². The molecular formula is C15H30O5. The van der Waals surface area contributed by atoms with Crippen LogP contribution in [-0.2, 0) is 18.9 Å². The Kier molecular flexibility index (Phi) is 11.8. The average molecular weight is 290 g/mol. The third kappa shape index (κ3) is 11.2. The molecule has 0 aliphatic rings. The molecule has 4 unspecified atom stereocenters. The summed E-state index contributed by atoms with van der Waals surface area (Å²) in [5.41, 5.74) is 0. The molecule has 0 heterocycles. The summed E-state index contributed by atoms with van der Waals surface area (Å²) in [7, 11) is 0. The van der Waals surface area contributed by atoms with Crippen LogP contribution in [0.5, 0.6) is 0 Å². The van der Waals surface area contributed by atoms with Crippen molar-refractivity contribution < 1.29 is 24.1 Å². The van der Waals surface area contributed by atoms with Crippen LogP contribution >= 0.6 is 0 Å². The molecule has 0 radical (unpaired) electrons. The van der Waals surface area contributed by atoms with Crippen molar-refractivity contribution in [1.29, 1.82) is 0 Å². The number of hydrogen-bond acceptors (Lipinski definition) is 5. The molecule has 5 nitrogen and oxygen atoms in total. The summed E-state index contributed by atoms with van der Waals surface area (Å²) < 4.78 is 22.0. The molecule has 0 aromatic rings. The summed E-state index contributed by atoms with van der Waals surface area (Å²) >= 11 is 0. The Morgan fingerprint density at radius 1 is 0.800 bits per heavy atom. The molecule has 0 amide bonds. The van der Waals surface area contributed by atoms with E-state index in [1.165, 1.54) is 0 Å². The Hall–Kier alpha value is -0.620. The number of ether oxygens (including phenoxy) is 4. The highest BCUT2D eigenvalue weighted by atomic mass is 16.6. The van der Waals surface area contributed by atoms with Gasteiger partial charge in [0.1, 0.15) is 6.10 Å². The minimum absolute atomic E-state index is 0.00405. The highest BCUT2D eigenvalue weighted by Gasteiger charge is 2.10. The first-order chi connectivity index (χ1) is 9.49. The summed E-state index contributed by atoms with van der Waals surface area (Å²) in [5, 5.41) is 8.85. The normalized spacial score (nSPS) is 17.9.